The third kappa shape index (κ3) is 1.91. The van der Waals surface area contributed by atoms with Gasteiger partial charge in [-0.05, 0) is 6.92 Å². The van der Waals surface area contributed by atoms with Gasteiger partial charge in [-0.3, -0.25) is 0 Å². The highest BCUT2D eigenvalue weighted by atomic mass is 16.5. The third-order valence-electron chi connectivity index (χ3n) is 1.90. The fraction of sp³-hybridized carbons (Fsp3) is 1.00. The van der Waals surface area contributed by atoms with Crippen molar-refractivity contribution in [3.63, 3.8) is 0 Å². The van der Waals surface area contributed by atoms with Gasteiger partial charge in [0.1, 0.15) is 6.23 Å². The third-order valence-corrected chi connectivity index (χ3v) is 1.90. The van der Waals surface area contributed by atoms with E-state index in [-0.39, 0.29) is 0 Å². The van der Waals surface area contributed by atoms with Crippen LogP contribution in [0.3, 0.4) is 0 Å². The van der Waals surface area contributed by atoms with Crippen molar-refractivity contribution in [1.29, 1.82) is 0 Å². The topological polar surface area (TPSA) is 72.7 Å². The summed E-state index contributed by atoms with van der Waals surface area (Å²) < 4.78 is 0. The van der Waals surface area contributed by atoms with Gasteiger partial charge in [-0.2, -0.15) is 5.48 Å². The van der Waals surface area contributed by atoms with E-state index in [0.29, 0.717) is 0 Å². The number of hydroxylamine groups is 1. The van der Waals surface area contributed by atoms with Crippen molar-refractivity contribution in [2.45, 2.75) is 33.1 Å². The Labute approximate surface area is 60.5 Å². The summed E-state index contributed by atoms with van der Waals surface area (Å²) in [6.45, 7) is 4.84. The lowest BCUT2D eigenvalue weighted by Gasteiger charge is -2.31. The minimum Gasteiger partial charge on any atom is -0.393 e. The fourth-order valence-electron chi connectivity index (χ4n) is 0.395. The molecule has 0 aromatic heterocycles. The van der Waals surface area contributed by atoms with Crippen LogP contribution >= 0.6 is 0 Å². The van der Waals surface area contributed by atoms with Gasteiger partial charge in [-0.15, -0.1) is 0 Å². The molecule has 0 spiro atoms. The van der Waals surface area contributed by atoms with Gasteiger partial charge in [-0.25, -0.2) is 0 Å². The van der Waals surface area contributed by atoms with Crippen LogP contribution < -0.4 is 5.48 Å². The van der Waals surface area contributed by atoms with Crippen molar-refractivity contribution < 1.29 is 15.4 Å². The van der Waals surface area contributed by atoms with E-state index < -0.39 is 17.7 Å². The van der Waals surface area contributed by atoms with Crippen LogP contribution in [0.1, 0.15) is 20.8 Å². The van der Waals surface area contributed by atoms with Crippen LogP contribution in [0.5, 0.6) is 0 Å². The lowest BCUT2D eigenvalue weighted by molar-refractivity contribution is -0.109. The van der Waals surface area contributed by atoms with Gasteiger partial charge in [0.2, 0.25) is 0 Å². The zero-order chi connectivity index (χ0) is 8.36. The second-order valence-corrected chi connectivity index (χ2v) is 3.03. The fourth-order valence-corrected chi connectivity index (χ4v) is 0.395. The molecule has 10 heavy (non-hydrogen) atoms. The first-order chi connectivity index (χ1) is 4.42. The summed E-state index contributed by atoms with van der Waals surface area (Å²) in [5.74, 6) is 0. The highest BCUT2D eigenvalue weighted by Gasteiger charge is 2.32. The summed E-state index contributed by atoms with van der Waals surface area (Å²) in [6.07, 6.45) is -1.78. The Morgan fingerprint density at radius 1 is 1.30 bits per heavy atom. The summed E-state index contributed by atoms with van der Waals surface area (Å²) in [4.78, 5) is 0. The maximum Gasteiger partial charge on any atom is 0.134 e. The molecule has 62 valence electrons. The van der Waals surface area contributed by atoms with E-state index in [9.17, 15) is 0 Å². The molecule has 0 aliphatic rings. The van der Waals surface area contributed by atoms with E-state index in [1.807, 2.05) is 0 Å². The van der Waals surface area contributed by atoms with E-state index in [1.165, 1.54) is 0 Å². The second-order valence-electron chi connectivity index (χ2n) is 3.03. The summed E-state index contributed by atoms with van der Waals surface area (Å²) in [6, 6.07) is 0. The van der Waals surface area contributed by atoms with Crippen molar-refractivity contribution in [1.82, 2.24) is 5.48 Å². The number of aliphatic hydroxyl groups excluding tert-OH is 2. The lowest BCUT2D eigenvalue weighted by atomic mass is 9.86. The lowest BCUT2D eigenvalue weighted by Crippen LogP contribution is -2.46. The first-order valence-electron chi connectivity index (χ1n) is 3.18. The van der Waals surface area contributed by atoms with Crippen LogP contribution in [0.4, 0.5) is 0 Å². The van der Waals surface area contributed by atoms with Gasteiger partial charge in [0.25, 0.3) is 0 Å². The number of hydrogen-bond acceptors (Lipinski definition) is 4. The van der Waals surface area contributed by atoms with Crippen LogP contribution in [0, 0.1) is 5.41 Å². The van der Waals surface area contributed by atoms with Crippen molar-refractivity contribution in [2.75, 3.05) is 0 Å². The Kier molecular flexibility index (Phi) is 3.24. The molecule has 4 heteroatoms. The van der Waals surface area contributed by atoms with Crippen LogP contribution in [0.15, 0.2) is 0 Å². The van der Waals surface area contributed by atoms with E-state index in [1.54, 1.807) is 26.3 Å². The molecule has 0 aromatic rings. The van der Waals surface area contributed by atoms with Crippen molar-refractivity contribution in [2.24, 2.45) is 5.41 Å². The minimum absolute atomic E-state index is 0.679. The average molecular weight is 149 g/mol. The molecule has 0 aromatic carbocycles. The Balaban J connectivity index is 4.09. The molecule has 4 nitrogen and oxygen atoms in total. The molecule has 0 rings (SSSR count). The highest BCUT2D eigenvalue weighted by Crippen LogP contribution is 2.23. The summed E-state index contributed by atoms with van der Waals surface area (Å²) in [5, 5.41) is 26.4. The maximum atomic E-state index is 9.07. The van der Waals surface area contributed by atoms with Gasteiger partial charge in [0.15, 0.2) is 0 Å². The van der Waals surface area contributed by atoms with Crippen LogP contribution in [0.25, 0.3) is 0 Å². The molecule has 0 radical (unpaired) electrons. The second kappa shape index (κ2) is 3.30. The zero-order valence-electron chi connectivity index (χ0n) is 6.50. The molecule has 0 saturated carbocycles. The summed E-state index contributed by atoms with van der Waals surface area (Å²) in [7, 11) is 0. The molecule has 0 amide bonds. The van der Waals surface area contributed by atoms with Crippen LogP contribution in [0.2, 0.25) is 0 Å². The Morgan fingerprint density at radius 2 is 1.70 bits per heavy atom. The number of nitrogens with one attached hydrogen (secondary N) is 1. The molecular weight excluding hydrogens is 134 g/mol. The molecular formula is C6H15NO3. The summed E-state index contributed by atoms with van der Waals surface area (Å²) in [5.41, 5.74) is 0.941. The van der Waals surface area contributed by atoms with Gasteiger partial charge >= 0.3 is 0 Å². The molecule has 0 aliphatic heterocycles. The van der Waals surface area contributed by atoms with Crippen LogP contribution in [-0.2, 0) is 0 Å². The first kappa shape index (κ1) is 9.84. The average Bonchev–Trinajstić information content (AvgIpc) is 1.86. The molecule has 2 atom stereocenters. The van der Waals surface area contributed by atoms with E-state index in [4.69, 9.17) is 15.4 Å². The van der Waals surface area contributed by atoms with Crippen molar-refractivity contribution in [3.8, 4) is 0 Å². The van der Waals surface area contributed by atoms with Gasteiger partial charge in [-0.1, -0.05) is 13.8 Å². The number of rotatable bonds is 3. The van der Waals surface area contributed by atoms with Gasteiger partial charge in [0.05, 0.1) is 6.10 Å². The van der Waals surface area contributed by atoms with E-state index in [2.05, 4.69) is 0 Å². The smallest absolute Gasteiger partial charge is 0.134 e. The van der Waals surface area contributed by atoms with E-state index in [0.717, 1.165) is 0 Å². The van der Waals surface area contributed by atoms with Crippen molar-refractivity contribution >= 4 is 0 Å². The number of aliphatic hydroxyl groups is 2. The highest BCUT2D eigenvalue weighted by molar-refractivity contribution is 4.78. The largest absolute Gasteiger partial charge is 0.393 e. The quantitative estimate of drug-likeness (QED) is 0.328. The molecule has 0 saturated heterocycles. The minimum atomic E-state index is -1.10. The van der Waals surface area contributed by atoms with Crippen LogP contribution in [-0.4, -0.2) is 27.8 Å². The van der Waals surface area contributed by atoms with E-state index >= 15 is 0 Å². The predicted molar refractivity (Wildman–Crippen MR) is 36.4 cm³/mol. The Morgan fingerprint density at radius 3 is 1.80 bits per heavy atom. The Hall–Kier alpha value is -0.160. The molecule has 0 aliphatic carbocycles. The number of hydrogen-bond donors (Lipinski definition) is 4. The monoisotopic (exact) mass is 149 g/mol. The molecule has 2 unspecified atom stereocenters. The molecule has 0 heterocycles. The van der Waals surface area contributed by atoms with Crippen molar-refractivity contribution in [3.05, 3.63) is 0 Å². The maximum absolute atomic E-state index is 9.07. The SMILES string of the molecule is CC(O)C(C)(C)C(O)NO. The van der Waals surface area contributed by atoms with Gasteiger partial charge < -0.3 is 15.4 Å². The Bertz CT molecular complexity index is 103. The normalized spacial score (nSPS) is 18.6. The summed E-state index contributed by atoms with van der Waals surface area (Å²) >= 11 is 0. The molecule has 4 N–H and O–H groups in total. The standard InChI is InChI=1S/C6H15NO3/c1-4(8)6(2,3)5(9)7-10/h4-5,7-10H,1-3H3. The zero-order valence-corrected chi connectivity index (χ0v) is 6.50. The predicted octanol–water partition coefficient (Wildman–Crippen LogP) is -0.309. The molecule has 0 fully saturated rings. The molecule has 0 bridgehead atoms. The van der Waals surface area contributed by atoms with Gasteiger partial charge in [0, 0.05) is 5.41 Å². The first-order valence-corrected chi connectivity index (χ1v) is 3.18.